The Kier molecular flexibility index (Phi) is 5.47. The summed E-state index contributed by atoms with van der Waals surface area (Å²) < 4.78 is 0. The van der Waals surface area contributed by atoms with Crippen molar-refractivity contribution in [2.75, 3.05) is 13.6 Å². The van der Waals surface area contributed by atoms with Gasteiger partial charge in [-0.05, 0) is 48.1 Å². The third kappa shape index (κ3) is 3.55. The van der Waals surface area contributed by atoms with E-state index in [1.807, 2.05) is 24.3 Å². The van der Waals surface area contributed by atoms with Crippen molar-refractivity contribution in [1.82, 2.24) is 15.1 Å². The summed E-state index contributed by atoms with van der Waals surface area (Å²) in [5.41, 5.74) is 1.53. The van der Waals surface area contributed by atoms with E-state index in [0.717, 1.165) is 34.4 Å². The van der Waals surface area contributed by atoms with E-state index < -0.39 is 11.6 Å². The number of amides is 4. The number of likely N-dealkylation sites (N-methyl/N-ethyl adjacent to an activating group) is 1. The molecule has 6 nitrogen and oxygen atoms in total. The van der Waals surface area contributed by atoms with Crippen LogP contribution in [0.25, 0.3) is 0 Å². The highest BCUT2D eigenvalue weighted by molar-refractivity contribution is 6.35. The van der Waals surface area contributed by atoms with E-state index in [2.05, 4.69) is 5.32 Å². The third-order valence-corrected chi connectivity index (χ3v) is 6.38. The smallest absolute Gasteiger partial charge is 0.325 e. The summed E-state index contributed by atoms with van der Waals surface area (Å²) in [5.74, 6) is -0.725. The maximum atomic E-state index is 13.3. The Bertz CT molecular complexity index is 1040. The number of imide groups is 1. The molecular formula is C22H21Cl2N3O3. The fraction of sp³-hybridized carbons (Fsp3) is 0.318. The van der Waals surface area contributed by atoms with Crippen molar-refractivity contribution in [1.29, 1.82) is 0 Å². The molecule has 1 N–H and O–H groups in total. The standard InChI is InChI=1S/C22H21Cl2N3O3/c1-26(12-15-8-9-16(23)11-18(15)24)19(28)13-27-20(29)22(25-21(27)30)10-4-6-14-5-2-3-7-17(14)22/h2-3,5,7-9,11H,4,6,10,12-13H2,1H3,(H,25,30). The van der Waals surface area contributed by atoms with E-state index in [1.165, 1.54) is 4.90 Å². The Morgan fingerprint density at radius 1 is 1.20 bits per heavy atom. The monoisotopic (exact) mass is 445 g/mol. The zero-order chi connectivity index (χ0) is 21.5. The first-order chi connectivity index (χ1) is 14.3. The molecule has 2 aromatic rings. The second-order valence-electron chi connectivity index (χ2n) is 7.72. The minimum Gasteiger partial charge on any atom is -0.340 e. The number of carbonyl (C=O) groups excluding carboxylic acids is 3. The Balaban J connectivity index is 1.51. The number of benzene rings is 2. The average molecular weight is 446 g/mol. The summed E-state index contributed by atoms with van der Waals surface area (Å²) in [6.07, 6.45) is 2.18. The molecule has 4 amide bonds. The molecule has 8 heteroatoms. The molecule has 1 atom stereocenters. The summed E-state index contributed by atoms with van der Waals surface area (Å²) in [6, 6.07) is 12.2. The number of halogens is 2. The highest BCUT2D eigenvalue weighted by Crippen LogP contribution is 2.39. The quantitative estimate of drug-likeness (QED) is 0.728. The first-order valence-corrected chi connectivity index (χ1v) is 10.5. The zero-order valence-corrected chi connectivity index (χ0v) is 18.0. The summed E-state index contributed by atoms with van der Waals surface area (Å²) in [7, 11) is 1.61. The molecule has 2 aromatic carbocycles. The summed E-state index contributed by atoms with van der Waals surface area (Å²) in [5, 5.41) is 3.83. The van der Waals surface area contributed by atoms with Crippen molar-refractivity contribution in [3.8, 4) is 0 Å². The predicted octanol–water partition coefficient (Wildman–Crippen LogP) is 3.74. The predicted molar refractivity (Wildman–Crippen MR) is 114 cm³/mol. The number of aryl methyl sites for hydroxylation is 1. The maximum absolute atomic E-state index is 13.3. The van der Waals surface area contributed by atoms with Crippen LogP contribution in [-0.2, 0) is 28.1 Å². The lowest BCUT2D eigenvalue weighted by Gasteiger charge is -2.33. The lowest BCUT2D eigenvalue weighted by molar-refractivity contribution is -0.139. The van der Waals surface area contributed by atoms with E-state index >= 15 is 0 Å². The molecule has 1 spiro atoms. The fourth-order valence-electron chi connectivity index (χ4n) is 4.20. The van der Waals surface area contributed by atoms with Crippen LogP contribution < -0.4 is 5.32 Å². The Hall–Kier alpha value is -2.57. The van der Waals surface area contributed by atoms with Crippen LogP contribution in [-0.4, -0.2) is 41.2 Å². The van der Waals surface area contributed by atoms with E-state index in [-0.39, 0.29) is 24.9 Å². The van der Waals surface area contributed by atoms with Crippen molar-refractivity contribution in [3.05, 3.63) is 69.2 Å². The van der Waals surface area contributed by atoms with Gasteiger partial charge in [-0.3, -0.25) is 14.5 Å². The van der Waals surface area contributed by atoms with Crippen molar-refractivity contribution in [2.24, 2.45) is 0 Å². The van der Waals surface area contributed by atoms with Gasteiger partial charge in [-0.1, -0.05) is 53.5 Å². The van der Waals surface area contributed by atoms with Crippen molar-refractivity contribution in [3.63, 3.8) is 0 Å². The molecule has 1 fully saturated rings. The molecule has 2 aliphatic rings. The van der Waals surface area contributed by atoms with Gasteiger partial charge in [0.15, 0.2) is 0 Å². The summed E-state index contributed by atoms with van der Waals surface area (Å²) in [6.45, 7) is -0.0806. The van der Waals surface area contributed by atoms with E-state index in [9.17, 15) is 14.4 Å². The van der Waals surface area contributed by atoms with Crippen LogP contribution in [0.1, 0.15) is 29.5 Å². The molecule has 1 saturated heterocycles. The first kappa shape index (κ1) is 20.7. The van der Waals surface area contributed by atoms with Gasteiger partial charge in [-0.25, -0.2) is 4.79 Å². The fourth-order valence-corrected chi connectivity index (χ4v) is 4.67. The molecule has 0 bridgehead atoms. The van der Waals surface area contributed by atoms with Crippen LogP contribution in [0.3, 0.4) is 0 Å². The molecular weight excluding hydrogens is 425 g/mol. The molecule has 1 aliphatic heterocycles. The highest BCUT2D eigenvalue weighted by Gasteiger charge is 2.54. The van der Waals surface area contributed by atoms with Crippen molar-refractivity contribution >= 4 is 41.0 Å². The Morgan fingerprint density at radius 3 is 2.73 bits per heavy atom. The molecule has 4 rings (SSSR count). The summed E-state index contributed by atoms with van der Waals surface area (Å²) >= 11 is 12.1. The van der Waals surface area contributed by atoms with E-state index in [4.69, 9.17) is 23.2 Å². The number of urea groups is 1. The van der Waals surface area contributed by atoms with Crippen LogP contribution in [0.2, 0.25) is 10.0 Å². The second-order valence-corrected chi connectivity index (χ2v) is 8.57. The second kappa shape index (κ2) is 7.93. The molecule has 1 heterocycles. The van der Waals surface area contributed by atoms with Crippen molar-refractivity contribution in [2.45, 2.75) is 31.3 Å². The Labute approximate surface area is 184 Å². The number of nitrogens with one attached hydrogen (secondary N) is 1. The molecule has 0 radical (unpaired) electrons. The van der Waals surface area contributed by atoms with E-state index in [0.29, 0.717) is 16.5 Å². The number of nitrogens with zero attached hydrogens (tertiary/aromatic N) is 2. The minimum absolute atomic E-state index is 0.243. The van der Waals surface area contributed by atoms with Crippen molar-refractivity contribution < 1.29 is 14.4 Å². The first-order valence-electron chi connectivity index (χ1n) is 9.72. The van der Waals surface area contributed by atoms with E-state index in [1.54, 1.807) is 25.2 Å². The average Bonchev–Trinajstić information content (AvgIpc) is 2.95. The van der Waals surface area contributed by atoms with Gasteiger partial charge in [0.05, 0.1) is 0 Å². The normalized spacial score (nSPS) is 20.3. The van der Waals surface area contributed by atoms with Crippen LogP contribution in [0.4, 0.5) is 4.79 Å². The molecule has 0 saturated carbocycles. The SMILES string of the molecule is CN(Cc1ccc(Cl)cc1Cl)C(=O)CN1C(=O)NC2(CCCc3ccccc32)C1=O. The van der Waals surface area contributed by atoms with Gasteiger partial charge in [0.1, 0.15) is 12.1 Å². The van der Waals surface area contributed by atoms with Crippen LogP contribution in [0.15, 0.2) is 42.5 Å². The lowest BCUT2D eigenvalue weighted by atomic mass is 9.76. The van der Waals surface area contributed by atoms with Gasteiger partial charge < -0.3 is 10.2 Å². The van der Waals surface area contributed by atoms with Crippen LogP contribution >= 0.6 is 23.2 Å². The zero-order valence-electron chi connectivity index (χ0n) is 16.5. The molecule has 1 unspecified atom stereocenters. The van der Waals surface area contributed by atoms with Crippen LogP contribution in [0.5, 0.6) is 0 Å². The van der Waals surface area contributed by atoms with Gasteiger partial charge in [0, 0.05) is 23.6 Å². The number of fused-ring (bicyclic) bond motifs is 2. The largest absolute Gasteiger partial charge is 0.340 e. The number of hydrogen-bond donors (Lipinski definition) is 1. The van der Waals surface area contributed by atoms with Gasteiger partial charge in [-0.15, -0.1) is 0 Å². The highest BCUT2D eigenvalue weighted by atomic mass is 35.5. The minimum atomic E-state index is -1.08. The topological polar surface area (TPSA) is 69.7 Å². The maximum Gasteiger partial charge on any atom is 0.325 e. The third-order valence-electron chi connectivity index (χ3n) is 5.79. The van der Waals surface area contributed by atoms with Gasteiger partial charge in [-0.2, -0.15) is 0 Å². The molecule has 0 aromatic heterocycles. The van der Waals surface area contributed by atoms with Gasteiger partial charge in [0.25, 0.3) is 5.91 Å². The molecule has 30 heavy (non-hydrogen) atoms. The van der Waals surface area contributed by atoms with Gasteiger partial charge in [0.2, 0.25) is 5.91 Å². The van der Waals surface area contributed by atoms with Gasteiger partial charge >= 0.3 is 6.03 Å². The number of hydrogen-bond acceptors (Lipinski definition) is 3. The van der Waals surface area contributed by atoms with Crippen LogP contribution in [0, 0.1) is 0 Å². The molecule has 1 aliphatic carbocycles. The Morgan fingerprint density at radius 2 is 1.97 bits per heavy atom. The molecule has 156 valence electrons. The lowest BCUT2D eigenvalue weighted by Crippen LogP contribution is -2.47. The summed E-state index contributed by atoms with van der Waals surface area (Å²) in [4.78, 5) is 41.2. The number of carbonyl (C=O) groups is 3. The number of rotatable bonds is 4.